The zero-order valence-electron chi connectivity index (χ0n) is 13.1. The highest BCUT2D eigenvalue weighted by molar-refractivity contribution is 5.83. The summed E-state index contributed by atoms with van der Waals surface area (Å²) < 4.78 is 0. The van der Waals surface area contributed by atoms with Crippen molar-refractivity contribution in [2.45, 2.75) is 53.1 Å². The van der Waals surface area contributed by atoms with E-state index in [4.69, 9.17) is 5.73 Å². The third-order valence-corrected chi connectivity index (χ3v) is 4.16. The molecular weight excluding hydrogens is 250 g/mol. The summed E-state index contributed by atoms with van der Waals surface area (Å²) in [7, 11) is 0. The molecule has 20 heavy (non-hydrogen) atoms. The normalized spacial score (nSPS) is 11.7. The van der Waals surface area contributed by atoms with Crippen LogP contribution in [0.2, 0.25) is 0 Å². The van der Waals surface area contributed by atoms with Crippen LogP contribution in [0.25, 0.3) is 0 Å². The number of nitrogens with zero attached hydrogens (tertiary/aromatic N) is 2. The van der Waals surface area contributed by atoms with Crippen LogP contribution in [0.4, 0.5) is 0 Å². The van der Waals surface area contributed by atoms with Crippen LogP contribution in [0.5, 0.6) is 0 Å². The van der Waals surface area contributed by atoms with Crippen LogP contribution in [0.1, 0.15) is 46.1 Å². The van der Waals surface area contributed by atoms with Crippen molar-refractivity contribution in [2.24, 2.45) is 11.1 Å². The van der Waals surface area contributed by atoms with E-state index < -0.39 is 5.41 Å². The van der Waals surface area contributed by atoms with Crippen molar-refractivity contribution in [1.29, 1.82) is 0 Å². The van der Waals surface area contributed by atoms with Crippen LogP contribution in [0, 0.1) is 5.41 Å². The largest absolute Gasteiger partial charge is 0.335 e. The van der Waals surface area contributed by atoms with Crippen molar-refractivity contribution >= 4 is 5.91 Å². The van der Waals surface area contributed by atoms with Crippen LogP contribution in [0.15, 0.2) is 24.5 Å². The highest BCUT2D eigenvalue weighted by Crippen LogP contribution is 2.29. The summed E-state index contributed by atoms with van der Waals surface area (Å²) in [5, 5.41) is 0. The van der Waals surface area contributed by atoms with Gasteiger partial charge in [0.2, 0.25) is 5.91 Å². The number of amides is 1. The van der Waals surface area contributed by atoms with Gasteiger partial charge in [-0.2, -0.15) is 0 Å². The van der Waals surface area contributed by atoms with Crippen LogP contribution in [0.3, 0.4) is 0 Å². The molecule has 0 spiro atoms. The van der Waals surface area contributed by atoms with E-state index in [1.807, 2.05) is 50.9 Å². The average Bonchev–Trinajstić information content (AvgIpc) is 2.47. The van der Waals surface area contributed by atoms with Crippen molar-refractivity contribution in [3.63, 3.8) is 0 Å². The third kappa shape index (κ3) is 3.57. The second kappa shape index (κ2) is 7.39. The number of hydrogen-bond acceptors (Lipinski definition) is 3. The van der Waals surface area contributed by atoms with E-state index in [2.05, 4.69) is 4.98 Å². The Balaban J connectivity index is 2.99. The molecule has 0 saturated heterocycles. The second-order valence-electron chi connectivity index (χ2n) is 5.58. The number of rotatable bonds is 7. The first kappa shape index (κ1) is 16.6. The van der Waals surface area contributed by atoms with Crippen molar-refractivity contribution in [3.05, 3.63) is 30.1 Å². The Morgan fingerprint density at radius 1 is 1.40 bits per heavy atom. The van der Waals surface area contributed by atoms with Gasteiger partial charge in [-0.1, -0.05) is 19.9 Å². The molecule has 0 atom stereocenters. The molecule has 1 aromatic heterocycles. The summed E-state index contributed by atoms with van der Waals surface area (Å²) in [4.78, 5) is 19.0. The fourth-order valence-electron chi connectivity index (χ4n) is 2.41. The predicted octanol–water partition coefficient (Wildman–Crippen LogP) is 2.58. The highest BCUT2D eigenvalue weighted by atomic mass is 16.2. The Labute approximate surface area is 122 Å². The monoisotopic (exact) mass is 277 g/mol. The standard InChI is InChI=1S/C16H27N3O/c1-5-16(6-2,12-17)15(20)19(13(3)4)11-14-8-7-9-18-10-14/h7-10,13H,5-6,11-12,17H2,1-4H3. The maximum Gasteiger partial charge on any atom is 0.230 e. The predicted molar refractivity (Wildman–Crippen MR) is 82.0 cm³/mol. The number of carbonyl (C=O) groups excluding carboxylic acids is 1. The lowest BCUT2D eigenvalue weighted by Gasteiger charge is -2.37. The molecule has 0 aliphatic rings. The van der Waals surface area contributed by atoms with Gasteiger partial charge in [0.15, 0.2) is 0 Å². The lowest BCUT2D eigenvalue weighted by Crippen LogP contribution is -2.49. The zero-order valence-corrected chi connectivity index (χ0v) is 13.1. The lowest BCUT2D eigenvalue weighted by atomic mass is 9.80. The van der Waals surface area contributed by atoms with E-state index in [-0.39, 0.29) is 11.9 Å². The first-order valence-corrected chi connectivity index (χ1v) is 7.40. The molecule has 0 aliphatic heterocycles. The number of aromatic nitrogens is 1. The summed E-state index contributed by atoms with van der Waals surface area (Å²) in [6, 6.07) is 4.04. The Hall–Kier alpha value is -1.42. The lowest BCUT2D eigenvalue weighted by molar-refractivity contribution is -0.144. The number of pyridine rings is 1. The van der Waals surface area contributed by atoms with Gasteiger partial charge in [0.05, 0.1) is 5.41 Å². The van der Waals surface area contributed by atoms with Gasteiger partial charge in [0, 0.05) is 31.5 Å². The van der Waals surface area contributed by atoms with Crippen molar-refractivity contribution in [2.75, 3.05) is 6.54 Å². The summed E-state index contributed by atoms with van der Waals surface area (Å²) >= 11 is 0. The molecule has 1 heterocycles. The molecule has 1 aromatic rings. The molecule has 0 radical (unpaired) electrons. The van der Waals surface area contributed by atoms with Gasteiger partial charge >= 0.3 is 0 Å². The number of nitrogens with two attached hydrogens (primary N) is 1. The van der Waals surface area contributed by atoms with Crippen LogP contribution in [-0.4, -0.2) is 28.4 Å². The Morgan fingerprint density at radius 3 is 2.45 bits per heavy atom. The van der Waals surface area contributed by atoms with E-state index in [0.717, 1.165) is 18.4 Å². The summed E-state index contributed by atoms with van der Waals surface area (Å²) in [5.74, 6) is 0.156. The van der Waals surface area contributed by atoms with Gasteiger partial charge in [-0.25, -0.2) is 0 Å². The molecular formula is C16H27N3O. The van der Waals surface area contributed by atoms with E-state index in [1.54, 1.807) is 6.20 Å². The fraction of sp³-hybridized carbons (Fsp3) is 0.625. The highest BCUT2D eigenvalue weighted by Gasteiger charge is 2.37. The molecule has 0 saturated carbocycles. The molecule has 4 nitrogen and oxygen atoms in total. The van der Waals surface area contributed by atoms with Gasteiger partial charge in [0.1, 0.15) is 0 Å². The van der Waals surface area contributed by atoms with E-state index in [9.17, 15) is 4.79 Å². The van der Waals surface area contributed by atoms with Crippen molar-refractivity contribution in [1.82, 2.24) is 9.88 Å². The first-order chi connectivity index (χ1) is 9.50. The molecule has 2 N–H and O–H groups in total. The first-order valence-electron chi connectivity index (χ1n) is 7.40. The minimum atomic E-state index is -0.438. The van der Waals surface area contributed by atoms with Gasteiger partial charge in [-0.15, -0.1) is 0 Å². The summed E-state index contributed by atoms with van der Waals surface area (Å²) in [5.41, 5.74) is 6.51. The smallest absolute Gasteiger partial charge is 0.230 e. The SMILES string of the molecule is CCC(CC)(CN)C(=O)N(Cc1cccnc1)C(C)C. The molecule has 0 unspecified atom stereocenters. The van der Waals surface area contributed by atoms with E-state index >= 15 is 0 Å². The van der Waals surface area contributed by atoms with Crippen LogP contribution < -0.4 is 5.73 Å². The number of carbonyl (C=O) groups is 1. The molecule has 1 rings (SSSR count). The van der Waals surface area contributed by atoms with Crippen LogP contribution in [-0.2, 0) is 11.3 Å². The second-order valence-corrected chi connectivity index (χ2v) is 5.58. The Bertz CT molecular complexity index is 405. The van der Waals surface area contributed by atoms with E-state index in [0.29, 0.717) is 13.1 Å². The molecule has 0 aromatic carbocycles. The Kier molecular flexibility index (Phi) is 6.14. The van der Waals surface area contributed by atoms with Crippen molar-refractivity contribution < 1.29 is 4.79 Å². The minimum Gasteiger partial charge on any atom is -0.335 e. The van der Waals surface area contributed by atoms with Crippen LogP contribution >= 0.6 is 0 Å². The van der Waals surface area contributed by atoms with Gasteiger partial charge < -0.3 is 10.6 Å². The van der Waals surface area contributed by atoms with Gasteiger partial charge in [-0.3, -0.25) is 9.78 Å². The molecule has 0 bridgehead atoms. The fourth-order valence-corrected chi connectivity index (χ4v) is 2.41. The minimum absolute atomic E-state index is 0.145. The maximum absolute atomic E-state index is 12.9. The van der Waals surface area contributed by atoms with Gasteiger partial charge in [0.25, 0.3) is 0 Å². The maximum atomic E-state index is 12.9. The van der Waals surface area contributed by atoms with E-state index in [1.165, 1.54) is 0 Å². The van der Waals surface area contributed by atoms with Gasteiger partial charge in [-0.05, 0) is 38.3 Å². The number of hydrogen-bond donors (Lipinski definition) is 1. The average molecular weight is 277 g/mol. The molecule has 4 heteroatoms. The molecule has 1 amide bonds. The topological polar surface area (TPSA) is 59.2 Å². The third-order valence-electron chi connectivity index (χ3n) is 4.16. The summed E-state index contributed by atoms with van der Waals surface area (Å²) in [6.07, 6.45) is 5.10. The summed E-state index contributed by atoms with van der Waals surface area (Å²) in [6.45, 7) is 9.15. The zero-order chi connectivity index (χ0) is 15.2. The van der Waals surface area contributed by atoms with Crippen molar-refractivity contribution in [3.8, 4) is 0 Å². The Morgan fingerprint density at radius 2 is 2.05 bits per heavy atom. The molecule has 112 valence electrons. The quantitative estimate of drug-likeness (QED) is 0.833. The molecule has 0 aliphatic carbocycles. The molecule has 0 fully saturated rings.